The van der Waals surface area contributed by atoms with Gasteiger partial charge in [0.25, 0.3) is 5.91 Å². The van der Waals surface area contributed by atoms with Crippen LogP contribution in [-0.4, -0.2) is 41.0 Å². The standard InChI is InChI=1S/C14H20N4O/c15-14(19)13-9-10(3-5-16-13)17-11-4-7-18-6-1-2-12(18)8-11/h3,5,9,11-12H,1-2,4,6-8H2,(H2,15,19)(H,16,17). The number of hydrogen-bond donors (Lipinski definition) is 2. The fraction of sp³-hybridized carbons (Fsp3) is 0.571. The van der Waals surface area contributed by atoms with Crippen LogP contribution < -0.4 is 11.1 Å². The Balaban J connectivity index is 1.65. The van der Waals surface area contributed by atoms with Crippen molar-refractivity contribution in [3.63, 3.8) is 0 Å². The number of anilines is 1. The Morgan fingerprint density at radius 3 is 3.16 bits per heavy atom. The van der Waals surface area contributed by atoms with Gasteiger partial charge in [-0.2, -0.15) is 0 Å². The van der Waals surface area contributed by atoms with Gasteiger partial charge < -0.3 is 16.0 Å². The van der Waals surface area contributed by atoms with Crippen LogP contribution in [0.15, 0.2) is 18.3 Å². The van der Waals surface area contributed by atoms with E-state index in [1.807, 2.05) is 6.07 Å². The molecule has 3 N–H and O–H groups in total. The Labute approximate surface area is 113 Å². The molecule has 2 fully saturated rings. The van der Waals surface area contributed by atoms with E-state index in [1.54, 1.807) is 12.3 Å². The second-order valence-corrected chi connectivity index (χ2v) is 5.49. The summed E-state index contributed by atoms with van der Waals surface area (Å²) in [4.78, 5) is 17.7. The highest BCUT2D eigenvalue weighted by Gasteiger charge is 2.31. The number of primary amides is 1. The SMILES string of the molecule is NC(=O)c1cc(NC2CCN3CCCC3C2)ccn1. The summed E-state index contributed by atoms with van der Waals surface area (Å²) in [5, 5.41) is 3.51. The Kier molecular flexibility index (Phi) is 3.38. The number of nitrogens with zero attached hydrogens (tertiary/aromatic N) is 2. The molecule has 5 nitrogen and oxygen atoms in total. The van der Waals surface area contributed by atoms with Gasteiger partial charge in [-0.25, -0.2) is 0 Å². The molecule has 3 heterocycles. The minimum absolute atomic E-state index is 0.323. The van der Waals surface area contributed by atoms with Crippen molar-refractivity contribution in [3.05, 3.63) is 24.0 Å². The largest absolute Gasteiger partial charge is 0.382 e. The Bertz CT molecular complexity index is 476. The molecular weight excluding hydrogens is 240 g/mol. The zero-order chi connectivity index (χ0) is 13.2. The lowest BCUT2D eigenvalue weighted by atomic mass is 9.97. The number of carbonyl (C=O) groups excluding carboxylic acids is 1. The van der Waals surface area contributed by atoms with Gasteiger partial charge in [0.15, 0.2) is 0 Å². The maximum atomic E-state index is 11.1. The first-order valence-electron chi connectivity index (χ1n) is 6.99. The second-order valence-electron chi connectivity index (χ2n) is 5.49. The summed E-state index contributed by atoms with van der Waals surface area (Å²) in [5.41, 5.74) is 6.52. The van der Waals surface area contributed by atoms with Crippen molar-refractivity contribution >= 4 is 11.6 Å². The molecule has 2 unspecified atom stereocenters. The van der Waals surface area contributed by atoms with Crippen molar-refractivity contribution in [3.8, 4) is 0 Å². The first kappa shape index (κ1) is 12.4. The van der Waals surface area contributed by atoms with E-state index in [9.17, 15) is 4.79 Å². The molecule has 2 aliphatic heterocycles. The monoisotopic (exact) mass is 260 g/mol. The summed E-state index contributed by atoms with van der Waals surface area (Å²) < 4.78 is 0. The molecule has 5 heteroatoms. The third kappa shape index (κ3) is 2.71. The number of piperidine rings is 1. The average molecular weight is 260 g/mol. The first-order valence-corrected chi connectivity index (χ1v) is 6.99. The molecule has 1 aromatic rings. The molecule has 2 aliphatic rings. The van der Waals surface area contributed by atoms with Crippen LogP contribution >= 0.6 is 0 Å². The number of aromatic nitrogens is 1. The molecule has 0 saturated carbocycles. The number of carbonyl (C=O) groups is 1. The van der Waals surface area contributed by atoms with Gasteiger partial charge in [0.1, 0.15) is 5.69 Å². The average Bonchev–Trinajstić information content (AvgIpc) is 2.86. The van der Waals surface area contributed by atoms with Gasteiger partial charge in [0.05, 0.1) is 0 Å². The van der Waals surface area contributed by atoms with E-state index in [2.05, 4.69) is 15.2 Å². The summed E-state index contributed by atoms with van der Waals surface area (Å²) in [6.07, 6.45) is 6.63. The third-order valence-corrected chi connectivity index (χ3v) is 4.20. The first-order chi connectivity index (χ1) is 9.22. The van der Waals surface area contributed by atoms with E-state index in [4.69, 9.17) is 5.73 Å². The Hall–Kier alpha value is -1.62. The molecule has 1 aromatic heterocycles. The minimum atomic E-state index is -0.478. The van der Waals surface area contributed by atoms with E-state index >= 15 is 0 Å². The van der Waals surface area contributed by atoms with Gasteiger partial charge in [-0.3, -0.25) is 9.78 Å². The Morgan fingerprint density at radius 1 is 1.42 bits per heavy atom. The van der Waals surface area contributed by atoms with Crippen molar-refractivity contribution in [2.24, 2.45) is 5.73 Å². The van der Waals surface area contributed by atoms with Crippen LogP contribution in [0, 0.1) is 0 Å². The number of nitrogens with two attached hydrogens (primary N) is 1. The van der Waals surface area contributed by atoms with E-state index in [0.29, 0.717) is 11.7 Å². The van der Waals surface area contributed by atoms with Crippen LogP contribution in [0.1, 0.15) is 36.2 Å². The molecular formula is C14H20N4O. The van der Waals surface area contributed by atoms with Gasteiger partial charge in [0.2, 0.25) is 0 Å². The van der Waals surface area contributed by atoms with Gasteiger partial charge >= 0.3 is 0 Å². The van der Waals surface area contributed by atoms with E-state index < -0.39 is 5.91 Å². The molecule has 0 bridgehead atoms. The van der Waals surface area contributed by atoms with E-state index in [1.165, 1.54) is 32.4 Å². The minimum Gasteiger partial charge on any atom is -0.382 e. The van der Waals surface area contributed by atoms with Crippen molar-refractivity contribution < 1.29 is 4.79 Å². The van der Waals surface area contributed by atoms with Gasteiger partial charge in [-0.15, -0.1) is 0 Å². The topological polar surface area (TPSA) is 71.2 Å². The number of amides is 1. The van der Waals surface area contributed by atoms with Crippen LogP contribution in [0.3, 0.4) is 0 Å². The predicted molar refractivity (Wildman–Crippen MR) is 74.0 cm³/mol. The molecule has 19 heavy (non-hydrogen) atoms. The van der Waals surface area contributed by atoms with Gasteiger partial charge in [0, 0.05) is 30.5 Å². The second kappa shape index (κ2) is 5.17. The predicted octanol–water partition coefficient (Wildman–Crippen LogP) is 1.22. The van der Waals surface area contributed by atoms with Crippen LogP contribution in [0.4, 0.5) is 5.69 Å². The van der Waals surface area contributed by atoms with Crippen molar-refractivity contribution in [1.82, 2.24) is 9.88 Å². The highest BCUT2D eigenvalue weighted by Crippen LogP contribution is 2.28. The van der Waals surface area contributed by atoms with Crippen molar-refractivity contribution in [2.75, 3.05) is 18.4 Å². The lowest BCUT2D eigenvalue weighted by Crippen LogP contribution is -2.42. The molecule has 0 spiro atoms. The zero-order valence-electron chi connectivity index (χ0n) is 11.0. The fourth-order valence-electron chi connectivity index (χ4n) is 3.25. The summed E-state index contributed by atoms with van der Waals surface area (Å²) in [6.45, 7) is 2.44. The molecule has 0 aliphatic carbocycles. The van der Waals surface area contributed by atoms with Gasteiger partial charge in [-0.1, -0.05) is 0 Å². The smallest absolute Gasteiger partial charge is 0.267 e. The van der Waals surface area contributed by atoms with E-state index in [-0.39, 0.29) is 0 Å². The van der Waals surface area contributed by atoms with Crippen LogP contribution in [0.5, 0.6) is 0 Å². The molecule has 0 aromatic carbocycles. The number of rotatable bonds is 3. The number of nitrogens with one attached hydrogen (secondary N) is 1. The summed E-state index contributed by atoms with van der Waals surface area (Å²) >= 11 is 0. The van der Waals surface area contributed by atoms with Crippen molar-refractivity contribution in [2.45, 2.75) is 37.8 Å². The Morgan fingerprint density at radius 2 is 2.32 bits per heavy atom. The number of pyridine rings is 1. The van der Waals surface area contributed by atoms with E-state index in [0.717, 1.165) is 18.2 Å². The molecule has 3 rings (SSSR count). The summed E-state index contributed by atoms with van der Waals surface area (Å²) in [5.74, 6) is -0.478. The zero-order valence-corrected chi connectivity index (χ0v) is 11.0. The maximum Gasteiger partial charge on any atom is 0.267 e. The number of fused-ring (bicyclic) bond motifs is 1. The number of hydrogen-bond acceptors (Lipinski definition) is 4. The lowest BCUT2D eigenvalue weighted by Gasteiger charge is -2.35. The molecule has 1 amide bonds. The van der Waals surface area contributed by atoms with Crippen LogP contribution in [0.2, 0.25) is 0 Å². The summed E-state index contributed by atoms with van der Waals surface area (Å²) in [7, 11) is 0. The highest BCUT2D eigenvalue weighted by atomic mass is 16.1. The molecule has 102 valence electrons. The van der Waals surface area contributed by atoms with Crippen LogP contribution in [0.25, 0.3) is 0 Å². The van der Waals surface area contributed by atoms with Crippen molar-refractivity contribution in [1.29, 1.82) is 0 Å². The highest BCUT2D eigenvalue weighted by molar-refractivity contribution is 5.91. The molecule has 2 atom stereocenters. The molecule has 2 saturated heterocycles. The van der Waals surface area contributed by atoms with Crippen LogP contribution in [-0.2, 0) is 0 Å². The normalized spacial score (nSPS) is 26.9. The lowest BCUT2D eigenvalue weighted by molar-refractivity contribution is 0.0995. The van der Waals surface area contributed by atoms with Gasteiger partial charge in [-0.05, 0) is 44.4 Å². The third-order valence-electron chi connectivity index (χ3n) is 4.20. The molecule has 0 radical (unpaired) electrons. The summed E-state index contributed by atoms with van der Waals surface area (Å²) in [6, 6.07) is 4.86. The quantitative estimate of drug-likeness (QED) is 0.857. The maximum absolute atomic E-state index is 11.1. The fourth-order valence-corrected chi connectivity index (χ4v) is 3.25.